The maximum absolute atomic E-state index is 6.22. The third-order valence-electron chi connectivity index (χ3n) is 3.51. The molecule has 0 saturated carbocycles. The summed E-state index contributed by atoms with van der Waals surface area (Å²) in [6, 6.07) is 6.71. The number of hydrogen-bond donors (Lipinski definition) is 1. The molecule has 1 fully saturated rings. The molecular formula is C14H17Cl2N3S. The fourth-order valence-electron chi connectivity index (χ4n) is 2.50. The monoisotopic (exact) mass is 329 g/mol. The predicted molar refractivity (Wildman–Crippen MR) is 86.8 cm³/mol. The van der Waals surface area contributed by atoms with Gasteiger partial charge in [0.2, 0.25) is 0 Å². The number of hydrogen-bond acceptors (Lipinski definition) is 4. The molecule has 0 radical (unpaired) electrons. The van der Waals surface area contributed by atoms with E-state index in [0.29, 0.717) is 6.04 Å². The van der Waals surface area contributed by atoms with E-state index in [1.54, 1.807) is 11.3 Å². The van der Waals surface area contributed by atoms with Crippen molar-refractivity contribution in [1.29, 1.82) is 0 Å². The number of pyridine rings is 1. The number of piperazine rings is 1. The van der Waals surface area contributed by atoms with E-state index in [-0.39, 0.29) is 12.4 Å². The van der Waals surface area contributed by atoms with Crippen LogP contribution in [0.4, 0.5) is 0 Å². The van der Waals surface area contributed by atoms with Gasteiger partial charge >= 0.3 is 0 Å². The first-order chi connectivity index (χ1) is 9.34. The number of nitrogens with one attached hydrogen (secondary N) is 1. The van der Waals surface area contributed by atoms with Gasteiger partial charge in [-0.2, -0.15) is 0 Å². The molecule has 2 aromatic rings. The Bertz CT molecular complexity index is 532. The summed E-state index contributed by atoms with van der Waals surface area (Å²) in [5, 5.41) is 5.52. The van der Waals surface area contributed by atoms with E-state index in [1.165, 1.54) is 11.1 Å². The van der Waals surface area contributed by atoms with Gasteiger partial charge in [0.05, 0.1) is 4.34 Å². The second-order valence-electron chi connectivity index (χ2n) is 4.69. The van der Waals surface area contributed by atoms with Gasteiger partial charge in [-0.15, -0.1) is 23.7 Å². The molecular weight excluding hydrogens is 313 g/mol. The van der Waals surface area contributed by atoms with Crippen LogP contribution in [0, 0.1) is 0 Å². The van der Waals surface area contributed by atoms with Crippen molar-refractivity contribution in [2.45, 2.75) is 12.6 Å². The highest BCUT2D eigenvalue weighted by molar-refractivity contribution is 7.14. The standard InChI is InChI=1S/C14H16ClN3S.ClH/c15-14-12(3-8-19-14)10-18-7-6-17-9-13(18)11-1-4-16-5-2-11;/h1-5,8,13,17H,6-7,9-10H2;1H. The molecule has 0 spiro atoms. The van der Waals surface area contributed by atoms with Crippen LogP contribution >= 0.6 is 35.3 Å². The molecule has 0 amide bonds. The molecule has 6 heteroatoms. The first kappa shape index (κ1) is 15.7. The zero-order valence-electron chi connectivity index (χ0n) is 11.0. The minimum Gasteiger partial charge on any atom is -0.314 e. The third-order valence-corrected chi connectivity index (χ3v) is 4.76. The van der Waals surface area contributed by atoms with E-state index >= 15 is 0 Å². The molecule has 108 valence electrons. The van der Waals surface area contributed by atoms with Crippen molar-refractivity contribution in [1.82, 2.24) is 15.2 Å². The molecule has 1 atom stereocenters. The molecule has 0 bridgehead atoms. The van der Waals surface area contributed by atoms with E-state index < -0.39 is 0 Å². The summed E-state index contributed by atoms with van der Waals surface area (Å²) in [6.07, 6.45) is 3.72. The summed E-state index contributed by atoms with van der Waals surface area (Å²) < 4.78 is 0.909. The Balaban J connectivity index is 0.00000147. The largest absolute Gasteiger partial charge is 0.314 e. The molecule has 1 N–H and O–H groups in total. The molecule has 3 nitrogen and oxygen atoms in total. The van der Waals surface area contributed by atoms with Gasteiger partial charge in [0.25, 0.3) is 0 Å². The number of halogens is 2. The summed E-state index contributed by atoms with van der Waals surface area (Å²) in [4.78, 5) is 6.58. The highest BCUT2D eigenvalue weighted by Gasteiger charge is 2.24. The molecule has 3 heterocycles. The zero-order valence-corrected chi connectivity index (χ0v) is 13.3. The normalized spacial score (nSPS) is 19.6. The molecule has 1 saturated heterocycles. The lowest BCUT2D eigenvalue weighted by Crippen LogP contribution is -2.45. The lowest BCUT2D eigenvalue weighted by atomic mass is 10.0. The van der Waals surface area contributed by atoms with Crippen molar-refractivity contribution in [2.24, 2.45) is 0 Å². The molecule has 0 aromatic carbocycles. The fourth-order valence-corrected chi connectivity index (χ4v) is 3.41. The number of nitrogens with zero attached hydrogens (tertiary/aromatic N) is 2. The first-order valence-electron chi connectivity index (χ1n) is 6.41. The maximum atomic E-state index is 6.22. The highest BCUT2D eigenvalue weighted by Crippen LogP contribution is 2.28. The van der Waals surface area contributed by atoms with Crippen LogP contribution in [0.25, 0.3) is 0 Å². The van der Waals surface area contributed by atoms with Gasteiger partial charge in [0.15, 0.2) is 0 Å². The minimum atomic E-state index is 0. The van der Waals surface area contributed by atoms with Crippen molar-refractivity contribution in [3.05, 3.63) is 51.4 Å². The van der Waals surface area contributed by atoms with Crippen molar-refractivity contribution in [3.63, 3.8) is 0 Å². The summed E-state index contributed by atoms with van der Waals surface area (Å²) >= 11 is 7.82. The van der Waals surface area contributed by atoms with Gasteiger partial charge in [-0.05, 0) is 34.7 Å². The third kappa shape index (κ3) is 3.51. The average molecular weight is 330 g/mol. The Kier molecular flexibility index (Phi) is 5.81. The summed E-state index contributed by atoms with van der Waals surface area (Å²) in [5.74, 6) is 0. The van der Waals surface area contributed by atoms with Crippen LogP contribution in [0.15, 0.2) is 36.0 Å². The van der Waals surface area contributed by atoms with Crippen LogP contribution in [0.5, 0.6) is 0 Å². The summed E-state index contributed by atoms with van der Waals surface area (Å²) in [7, 11) is 0. The Morgan fingerprint density at radius 3 is 2.85 bits per heavy atom. The Morgan fingerprint density at radius 1 is 1.35 bits per heavy atom. The SMILES string of the molecule is Cl.Clc1sccc1CN1CCNCC1c1ccncc1. The Morgan fingerprint density at radius 2 is 2.15 bits per heavy atom. The number of aromatic nitrogens is 1. The zero-order chi connectivity index (χ0) is 13.1. The van der Waals surface area contributed by atoms with Crippen LogP contribution in [0.1, 0.15) is 17.2 Å². The second kappa shape index (κ2) is 7.38. The van der Waals surface area contributed by atoms with E-state index in [0.717, 1.165) is 30.5 Å². The summed E-state index contributed by atoms with van der Waals surface area (Å²) in [6.45, 7) is 3.96. The van der Waals surface area contributed by atoms with Gasteiger partial charge in [0, 0.05) is 44.6 Å². The summed E-state index contributed by atoms with van der Waals surface area (Å²) in [5.41, 5.74) is 2.54. The fraction of sp³-hybridized carbons (Fsp3) is 0.357. The van der Waals surface area contributed by atoms with Crippen molar-refractivity contribution in [2.75, 3.05) is 19.6 Å². The van der Waals surface area contributed by atoms with Gasteiger partial charge in [0.1, 0.15) is 0 Å². The molecule has 1 aliphatic heterocycles. The van der Waals surface area contributed by atoms with Crippen LogP contribution in [-0.2, 0) is 6.54 Å². The van der Waals surface area contributed by atoms with Crippen LogP contribution in [0.2, 0.25) is 4.34 Å². The molecule has 3 rings (SSSR count). The minimum absolute atomic E-state index is 0. The first-order valence-corrected chi connectivity index (χ1v) is 7.67. The lowest BCUT2D eigenvalue weighted by Gasteiger charge is -2.36. The molecule has 20 heavy (non-hydrogen) atoms. The van der Waals surface area contributed by atoms with Crippen LogP contribution in [-0.4, -0.2) is 29.5 Å². The van der Waals surface area contributed by atoms with E-state index in [9.17, 15) is 0 Å². The quantitative estimate of drug-likeness (QED) is 0.935. The van der Waals surface area contributed by atoms with Gasteiger partial charge in [-0.25, -0.2) is 0 Å². The van der Waals surface area contributed by atoms with Crippen molar-refractivity contribution in [3.8, 4) is 0 Å². The smallest absolute Gasteiger partial charge is 0.0973 e. The Labute approximate surface area is 134 Å². The predicted octanol–water partition coefficient (Wildman–Crippen LogP) is 3.36. The van der Waals surface area contributed by atoms with Gasteiger partial charge in [-0.3, -0.25) is 9.88 Å². The number of thiophene rings is 1. The van der Waals surface area contributed by atoms with E-state index in [4.69, 9.17) is 11.6 Å². The molecule has 1 unspecified atom stereocenters. The van der Waals surface area contributed by atoms with E-state index in [2.05, 4.69) is 38.8 Å². The molecule has 0 aliphatic carbocycles. The van der Waals surface area contributed by atoms with Crippen molar-refractivity contribution < 1.29 is 0 Å². The average Bonchev–Trinajstić information content (AvgIpc) is 2.86. The molecule has 1 aliphatic rings. The Hall–Kier alpha value is -0.650. The second-order valence-corrected chi connectivity index (χ2v) is 6.21. The van der Waals surface area contributed by atoms with Gasteiger partial charge in [-0.1, -0.05) is 11.6 Å². The highest BCUT2D eigenvalue weighted by atomic mass is 35.5. The van der Waals surface area contributed by atoms with Crippen LogP contribution < -0.4 is 5.32 Å². The topological polar surface area (TPSA) is 28.2 Å². The van der Waals surface area contributed by atoms with Gasteiger partial charge < -0.3 is 5.32 Å². The van der Waals surface area contributed by atoms with Crippen LogP contribution in [0.3, 0.4) is 0 Å². The lowest BCUT2D eigenvalue weighted by molar-refractivity contribution is 0.154. The van der Waals surface area contributed by atoms with E-state index in [1.807, 2.05) is 12.4 Å². The molecule has 2 aromatic heterocycles. The number of rotatable bonds is 3. The maximum Gasteiger partial charge on any atom is 0.0973 e. The van der Waals surface area contributed by atoms with Crippen molar-refractivity contribution >= 4 is 35.3 Å².